The van der Waals surface area contributed by atoms with Crippen LogP contribution in [0.3, 0.4) is 0 Å². The predicted octanol–water partition coefficient (Wildman–Crippen LogP) is 11.1. The van der Waals surface area contributed by atoms with Gasteiger partial charge in [-0.1, -0.05) is 114 Å². The Morgan fingerprint density at radius 3 is 2.15 bits per heavy atom. The van der Waals surface area contributed by atoms with Crippen molar-refractivity contribution in [1.29, 1.82) is 0 Å². The predicted molar refractivity (Wildman–Crippen MR) is 262 cm³/mol. The minimum atomic E-state index is -2.25. The first-order valence-electron chi connectivity index (χ1n) is 24.1. The Labute approximate surface area is 401 Å². The van der Waals surface area contributed by atoms with Gasteiger partial charge in [0.1, 0.15) is 12.5 Å². The maximum Gasteiger partial charge on any atom is 0.305 e. The van der Waals surface area contributed by atoms with Crippen LogP contribution in [-0.4, -0.2) is 101 Å². The SMILES string of the molecule is C=C1C[C@H](C[C@@H]2CC(=C)C[C@H](/C=C/C(C)(C)[C@]3(OC)O[C@H](C[C@@H](O[Si](C)(C)C(C)(C)C)[C@@H](C)OCOCc4ccccc4)CCC3=O)O2)O[C@H](C[C@H](CC(=O)O)OCc2ccc(OC)cc2)C1. The zero-order valence-corrected chi connectivity index (χ0v) is 43.0. The molecule has 3 heterocycles. The Kier molecular flexibility index (Phi) is 19.8. The monoisotopic (exact) mass is 949 g/mol. The van der Waals surface area contributed by atoms with Crippen molar-refractivity contribution >= 4 is 20.1 Å². The molecule has 3 saturated heterocycles. The summed E-state index contributed by atoms with van der Waals surface area (Å²) in [5.41, 5.74) is 3.26. The zero-order valence-electron chi connectivity index (χ0n) is 42.0. The molecule has 372 valence electrons. The Bertz CT molecular complexity index is 1940. The fourth-order valence-electron chi connectivity index (χ4n) is 9.11. The number of aliphatic carboxylic acids is 1. The summed E-state index contributed by atoms with van der Waals surface area (Å²) in [6.07, 6.45) is 6.67. The van der Waals surface area contributed by atoms with Crippen molar-refractivity contribution in [3.8, 4) is 5.75 Å². The molecule has 2 aromatic carbocycles. The Hall–Kier alpha value is -3.50. The lowest BCUT2D eigenvalue weighted by atomic mass is 9.76. The summed E-state index contributed by atoms with van der Waals surface area (Å²) in [6, 6.07) is 17.5. The van der Waals surface area contributed by atoms with E-state index in [9.17, 15) is 14.7 Å². The van der Waals surface area contributed by atoms with Crippen LogP contribution < -0.4 is 4.74 Å². The normalized spacial score (nSPS) is 25.8. The van der Waals surface area contributed by atoms with E-state index in [1.807, 2.05) is 87.5 Å². The van der Waals surface area contributed by atoms with Crippen LogP contribution in [0.15, 0.2) is 91.1 Å². The fourth-order valence-corrected chi connectivity index (χ4v) is 10.5. The van der Waals surface area contributed by atoms with Crippen LogP contribution in [0.4, 0.5) is 0 Å². The van der Waals surface area contributed by atoms with Gasteiger partial charge in [0, 0.05) is 38.2 Å². The maximum absolute atomic E-state index is 14.0. The molecule has 13 heteroatoms. The van der Waals surface area contributed by atoms with E-state index in [1.165, 1.54) is 0 Å². The molecule has 0 spiro atoms. The highest BCUT2D eigenvalue weighted by Gasteiger charge is 2.55. The third-order valence-corrected chi connectivity index (χ3v) is 18.4. The molecule has 3 fully saturated rings. The maximum atomic E-state index is 14.0. The van der Waals surface area contributed by atoms with Crippen LogP contribution in [0.2, 0.25) is 18.1 Å². The van der Waals surface area contributed by atoms with Crippen LogP contribution in [0.1, 0.15) is 117 Å². The molecule has 0 bridgehead atoms. The van der Waals surface area contributed by atoms with Crippen LogP contribution in [-0.2, 0) is 60.4 Å². The van der Waals surface area contributed by atoms with E-state index in [0.717, 1.165) is 28.0 Å². The number of benzene rings is 2. The third-order valence-electron chi connectivity index (χ3n) is 13.9. The largest absolute Gasteiger partial charge is 0.497 e. The molecule has 1 N–H and O–H groups in total. The van der Waals surface area contributed by atoms with Crippen molar-refractivity contribution in [2.24, 2.45) is 5.41 Å². The average Bonchev–Trinajstić information content (AvgIpc) is 3.26. The summed E-state index contributed by atoms with van der Waals surface area (Å²) in [5.74, 6) is -1.82. The summed E-state index contributed by atoms with van der Waals surface area (Å²) >= 11 is 0. The van der Waals surface area contributed by atoms with Gasteiger partial charge in [0.15, 0.2) is 14.1 Å². The summed E-state index contributed by atoms with van der Waals surface area (Å²) in [4.78, 5) is 25.9. The van der Waals surface area contributed by atoms with E-state index in [2.05, 4.69) is 47.0 Å². The minimum absolute atomic E-state index is 0.0330. The first-order chi connectivity index (χ1) is 31.6. The number of ether oxygens (including phenoxy) is 8. The van der Waals surface area contributed by atoms with Gasteiger partial charge >= 0.3 is 5.97 Å². The smallest absolute Gasteiger partial charge is 0.305 e. The van der Waals surface area contributed by atoms with Crippen LogP contribution in [0.25, 0.3) is 0 Å². The molecule has 12 nitrogen and oxygen atoms in total. The minimum Gasteiger partial charge on any atom is -0.497 e. The van der Waals surface area contributed by atoms with Crippen molar-refractivity contribution in [2.75, 3.05) is 21.0 Å². The Balaban J connectivity index is 1.21. The second kappa shape index (κ2) is 24.4. The average molecular weight is 949 g/mol. The van der Waals surface area contributed by atoms with Gasteiger partial charge in [-0.05, 0) is 80.4 Å². The van der Waals surface area contributed by atoms with E-state index in [-0.39, 0.29) is 73.4 Å². The fraction of sp³-hybridized carbons (Fsp3) is 0.630. The second-order valence-electron chi connectivity index (χ2n) is 20.9. The van der Waals surface area contributed by atoms with Crippen molar-refractivity contribution in [2.45, 2.75) is 192 Å². The second-order valence-corrected chi connectivity index (χ2v) is 25.7. The first-order valence-corrected chi connectivity index (χ1v) is 27.0. The molecule has 3 aliphatic heterocycles. The highest BCUT2D eigenvalue weighted by atomic mass is 28.4. The molecule has 0 radical (unpaired) electrons. The topological polar surface area (TPSA) is 137 Å². The lowest BCUT2D eigenvalue weighted by Gasteiger charge is -2.48. The summed E-state index contributed by atoms with van der Waals surface area (Å²) < 4.78 is 57.0. The molecule has 2 aromatic rings. The van der Waals surface area contributed by atoms with Gasteiger partial charge in [0.25, 0.3) is 0 Å². The molecule has 0 aliphatic carbocycles. The number of hydrogen-bond acceptors (Lipinski definition) is 11. The molecule has 3 aliphatic rings. The molecule has 0 saturated carbocycles. The number of carbonyl (C=O) groups excluding carboxylic acids is 1. The summed E-state index contributed by atoms with van der Waals surface area (Å²) in [6.45, 7) is 26.7. The number of carbonyl (C=O) groups is 2. The molecule has 67 heavy (non-hydrogen) atoms. The molecular formula is C54H80O12Si. The molecule has 0 amide bonds. The van der Waals surface area contributed by atoms with Crippen molar-refractivity contribution in [3.63, 3.8) is 0 Å². The quantitative estimate of drug-likeness (QED) is 0.0464. The lowest BCUT2D eigenvalue weighted by molar-refractivity contribution is -0.285. The lowest BCUT2D eigenvalue weighted by Crippen LogP contribution is -2.59. The molecular weight excluding hydrogens is 869 g/mol. The van der Waals surface area contributed by atoms with Gasteiger partial charge in [0.2, 0.25) is 5.79 Å². The highest BCUT2D eigenvalue weighted by Crippen LogP contribution is 2.45. The third kappa shape index (κ3) is 15.8. The summed E-state index contributed by atoms with van der Waals surface area (Å²) in [5, 5.41) is 9.67. The number of carboxylic acids is 1. The molecule has 0 unspecified atom stereocenters. The van der Waals surface area contributed by atoms with Crippen molar-refractivity contribution in [3.05, 3.63) is 102 Å². The summed E-state index contributed by atoms with van der Waals surface area (Å²) in [7, 11) is 0.913. The number of methoxy groups -OCH3 is 2. The number of Topliss-reactive ketones (excluding diaryl/α,β-unsaturated/α-hetero) is 1. The van der Waals surface area contributed by atoms with E-state index < -0.39 is 31.6 Å². The molecule has 9 atom stereocenters. The van der Waals surface area contributed by atoms with E-state index in [0.29, 0.717) is 64.4 Å². The van der Waals surface area contributed by atoms with E-state index in [4.69, 9.17) is 42.3 Å². The number of carboxylic acid groups (broad SMARTS) is 1. The number of hydrogen-bond donors (Lipinski definition) is 1. The zero-order chi connectivity index (χ0) is 49.0. The number of rotatable bonds is 24. The highest BCUT2D eigenvalue weighted by molar-refractivity contribution is 6.74. The van der Waals surface area contributed by atoms with Crippen LogP contribution in [0, 0.1) is 5.41 Å². The van der Waals surface area contributed by atoms with Crippen LogP contribution >= 0.6 is 0 Å². The van der Waals surface area contributed by atoms with Gasteiger partial charge in [-0.3, -0.25) is 9.59 Å². The van der Waals surface area contributed by atoms with Crippen molar-refractivity contribution < 1.29 is 57.0 Å². The standard InChI is InChI=1S/C54H80O12Si/c1-37-26-43(63-47(27-37)31-48-29-38(2)28-46(64-48)30-45(33-51(56)57)61-35-41-18-20-42(58-9)21-19-41)24-25-53(7,8)54(59-10)50(55)23-22-44(65-54)32-49(66-67(11,12)52(4,5)6)39(3)62-36-60-34-40-16-14-13-15-17-40/h13-21,24-25,39,43-49H,1-2,22-23,26-36H2,3-12H3,(H,56,57)/b25-24+/t39-,43+,44+,45-,46+,47+,48-,49-,54-/m1/s1. The van der Waals surface area contributed by atoms with Crippen molar-refractivity contribution in [1.82, 2.24) is 0 Å². The van der Waals surface area contributed by atoms with Gasteiger partial charge < -0.3 is 47.4 Å². The van der Waals surface area contributed by atoms with Gasteiger partial charge in [0.05, 0.1) is 75.6 Å². The van der Waals surface area contributed by atoms with Gasteiger partial charge in [-0.15, -0.1) is 0 Å². The molecule has 0 aromatic heterocycles. The first kappa shape index (κ1) is 54.4. The van der Waals surface area contributed by atoms with Gasteiger partial charge in [-0.25, -0.2) is 0 Å². The van der Waals surface area contributed by atoms with Gasteiger partial charge in [-0.2, -0.15) is 0 Å². The van der Waals surface area contributed by atoms with E-state index >= 15 is 0 Å². The van der Waals surface area contributed by atoms with E-state index in [1.54, 1.807) is 14.2 Å². The number of ketones is 1. The Morgan fingerprint density at radius 2 is 1.51 bits per heavy atom. The van der Waals surface area contributed by atoms with Crippen LogP contribution in [0.5, 0.6) is 5.75 Å². The Morgan fingerprint density at radius 1 is 0.866 bits per heavy atom. The molecule has 5 rings (SSSR count).